The SMILES string of the molecule is CCCCC(=O)c1cc(C)cc(C)c1OCC(C)C. The van der Waals surface area contributed by atoms with Crippen LogP contribution in [-0.2, 0) is 0 Å². The van der Waals surface area contributed by atoms with Crippen LogP contribution in [0.5, 0.6) is 5.75 Å². The minimum Gasteiger partial charge on any atom is -0.492 e. The van der Waals surface area contributed by atoms with Gasteiger partial charge in [-0.25, -0.2) is 0 Å². The number of aryl methyl sites for hydroxylation is 2. The van der Waals surface area contributed by atoms with Crippen LogP contribution in [-0.4, -0.2) is 12.4 Å². The van der Waals surface area contributed by atoms with Crippen LogP contribution in [0.4, 0.5) is 0 Å². The highest BCUT2D eigenvalue weighted by Crippen LogP contribution is 2.27. The van der Waals surface area contributed by atoms with Crippen LogP contribution in [0.25, 0.3) is 0 Å². The number of unbranched alkanes of at least 4 members (excludes halogenated alkanes) is 1. The van der Waals surface area contributed by atoms with Crippen LogP contribution in [0.2, 0.25) is 0 Å². The van der Waals surface area contributed by atoms with Gasteiger partial charge in [-0.05, 0) is 43.4 Å². The minimum absolute atomic E-state index is 0.201. The summed E-state index contributed by atoms with van der Waals surface area (Å²) in [6.07, 6.45) is 2.59. The third-order valence-corrected chi connectivity index (χ3v) is 3.04. The van der Waals surface area contributed by atoms with Gasteiger partial charge >= 0.3 is 0 Å². The molecule has 0 heterocycles. The summed E-state index contributed by atoms with van der Waals surface area (Å²) in [7, 11) is 0. The zero-order chi connectivity index (χ0) is 14.4. The molecule has 0 amide bonds. The fourth-order valence-electron chi connectivity index (χ4n) is 2.08. The van der Waals surface area contributed by atoms with E-state index < -0.39 is 0 Å². The second-order valence-corrected chi connectivity index (χ2v) is 5.69. The molecule has 0 fully saturated rings. The Bertz CT molecular complexity index is 433. The molecule has 0 atom stereocenters. The van der Waals surface area contributed by atoms with Gasteiger partial charge in [-0.3, -0.25) is 4.79 Å². The van der Waals surface area contributed by atoms with Crippen LogP contribution in [0.15, 0.2) is 12.1 Å². The number of ether oxygens (including phenoxy) is 1. The Morgan fingerprint density at radius 1 is 1.26 bits per heavy atom. The number of carbonyl (C=O) groups excluding carboxylic acids is 1. The first-order valence-electron chi connectivity index (χ1n) is 7.23. The Balaban J connectivity index is 3.01. The second-order valence-electron chi connectivity index (χ2n) is 5.69. The highest BCUT2D eigenvalue weighted by molar-refractivity contribution is 5.99. The van der Waals surface area contributed by atoms with Gasteiger partial charge in [0.05, 0.1) is 12.2 Å². The molecular weight excluding hydrogens is 236 g/mol. The van der Waals surface area contributed by atoms with Gasteiger partial charge in [-0.15, -0.1) is 0 Å². The molecule has 19 heavy (non-hydrogen) atoms. The molecule has 0 radical (unpaired) electrons. The summed E-state index contributed by atoms with van der Waals surface area (Å²) in [5.41, 5.74) is 2.93. The van der Waals surface area contributed by atoms with Gasteiger partial charge in [-0.1, -0.05) is 33.3 Å². The quantitative estimate of drug-likeness (QED) is 0.665. The fourth-order valence-corrected chi connectivity index (χ4v) is 2.08. The first-order chi connectivity index (χ1) is 8.95. The highest BCUT2D eigenvalue weighted by Gasteiger charge is 2.15. The average molecular weight is 262 g/mol. The van der Waals surface area contributed by atoms with Gasteiger partial charge in [0.25, 0.3) is 0 Å². The molecule has 0 aliphatic heterocycles. The maximum atomic E-state index is 12.3. The van der Waals surface area contributed by atoms with Gasteiger partial charge in [0.15, 0.2) is 5.78 Å². The number of hydrogen-bond acceptors (Lipinski definition) is 2. The molecule has 0 N–H and O–H groups in total. The molecule has 0 unspecified atom stereocenters. The van der Waals surface area contributed by atoms with E-state index in [0.29, 0.717) is 18.9 Å². The van der Waals surface area contributed by atoms with Gasteiger partial charge in [-0.2, -0.15) is 0 Å². The molecule has 1 aromatic carbocycles. The van der Waals surface area contributed by atoms with Crippen molar-refractivity contribution in [1.82, 2.24) is 0 Å². The van der Waals surface area contributed by atoms with E-state index >= 15 is 0 Å². The van der Waals surface area contributed by atoms with Crippen molar-refractivity contribution in [1.29, 1.82) is 0 Å². The van der Waals surface area contributed by atoms with E-state index in [1.54, 1.807) is 0 Å². The largest absolute Gasteiger partial charge is 0.492 e. The Kier molecular flexibility index (Phi) is 6.07. The number of hydrogen-bond donors (Lipinski definition) is 0. The van der Waals surface area contributed by atoms with Gasteiger partial charge in [0, 0.05) is 6.42 Å². The van der Waals surface area contributed by atoms with Gasteiger partial charge in [0.1, 0.15) is 5.75 Å². The van der Waals surface area contributed by atoms with Crippen LogP contribution in [0, 0.1) is 19.8 Å². The Morgan fingerprint density at radius 2 is 1.95 bits per heavy atom. The maximum absolute atomic E-state index is 12.3. The van der Waals surface area contributed by atoms with E-state index in [1.807, 2.05) is 19.9 Å². The predicted molar refractivity (Wildman–Crippen MR) is 80.1 cm³/mol. The third-order valence-electron chi connectivity index (χ3n) is 3.04. The summed E-state index contributed by atoms with van der Waals surface area (Å²) >= 11 is 0. The Hall–Kier alpha value is -1.31. The summed E-state index contributed by atoms with van der Waals surface area (Å²) in [5, 5.41) is 0. The van der Waals surface area contributed by atoms with Crippen molar-refractivity contribution in [3.63, 3.8) is 0 Å². The predicted octanol–water partition coefficient (Wildman–Crippen LogP) is 4.71. The van der Waals surface area contributed by atoms with Crippen LogP contribution in [0.1, 0.15) is 61.5 Å². The minimum atomic E-state index is 0.201. The molecule has 0 saturated carbocycles. The molecule has 0 bridgehead atoms. The monoisotopic (exact) mass is 262 g/mol. The third kappa shape index (κ3) is 4.70. The Labute approximate surface area is 117 Å². The number of ketones is 1. The number of carbonyl (C=O) groups is 1. The average Bonchev–Trinajstić information content (AvgIpc) is 2.33. The number of rotatable bonds is 7. The van der Waals surface area contributed by atoms with Crippen molar-refractivity contribution in [3.8, 4) is 5.75 Å². The summed E-state index contributed by atoms with van der Waals surface area (Å²) in [4.78, 5) is 12.3. The molecule has 2 nitrogen and oxygen atoms in total. The van der Waals surface area contributed by atoms with E-state index in [0.717, 1.165) is 35.3 Å². The molecular formula is C17H26O2. The molecule has 0 saturated heterocycles. The summed E-state index contributed by atoms with van der Waals surface area (Å²) in [6, 6.07) is 4.03. The number of Topliss-reactive ketones (excluding diaryl/α,β-unsaturated/α-hetero) is 1. The van der Waals surface area contributed by atoms with Crippen molar-refractivity contribution in [3.05, 3.63) is 28.8 Å². The van der Waals surface area contributed by atoms with Crippen molar-refractivity contribution < 1.29 is 9.53 Å². The lowest BCUT2D eigenvalue weighted by Gasteiger charge is -2.16. The van der Waals surface area contributed by atoms with Crippen LogP contribution >= 0.6 is 0 Å². The highest BCUT2D eigenvalue weighted by atomic mass is 16.5. The molecule has 0 aliphatic rings. The zero-order valence-corrected chi connectivity index (χ0v) is 12.9. The molecule has 0 spiro atoms. The summed E-state index contributed by atoms with van der Waals surface area (Å²) in [6.45, 7) is 11.0. The van der Waals surface area contributed by atoms with E-state index in [-0.39, 0.29) is 5.78 Å². The molecule has 106 valence electrons. The van der Waals surface area contributed by atoms with E-state index in [9.17, 15) is 4.79 Å². The number of benzene rings is 1. The van der Waals surface area contributed by atoms with Crippen molar-refractivity contribution in [2.75, 3.05) is 6.61 Å². The zero-order valence-electron chi connectivity index (χ0n) is 12.9. The molecule has 2 heteroatoms. The molecule has 0 aromatic heterocycles. The topological polar surface area (TPSA) is 26.3 Å². The van der Waals surface area contributed by atoms with Crippen molar-refractivity contribution in [2.24, 2.45) is 5.92 Å². The van der Waals surface area contributed by atoms with Gasteiger partial charge in [0.2, 0.25) is 0 Å². The van der Waals surface area contributed by atoms with Crippen molar-refractivity contribution >= 4 is 5.78 Å². The molecule has 1 rings (SSSR count). The summed E-state index contributed by atoms with van der Waals surface area (Å²) in [5.74, 6) is 1.44. The van der Waals surface area contributed by atoms with Crippen LogP contribution in [0.3, 0.4) is 0 Å². The summed E-state index contributed by atoms with van der Waals surface area (Å²) < 4.78 is 5.86. The van der Waals surface area contributed by atoms with E-state index in [1.165, 1.54) is 0 Å². The standard InChI is InChI=1S/C17H26O2/c1-6-7-8-16(18)15-10-13(4)9-14(5)17(15)19-11-12(2)3/h9-10,12H,6-8,11H2,1-5H3. The van der Waals surface area contributed by atoms with E-state index in [4.69, 9.17) is 4.74 Å². The van der Waals surface area contributed by atoms with E-state index in [2.05, 4.69) is 26.8 Å². The normalized spacial score (nSPS) is 10.8. The lowest BCUT2D eigenvalue weighted by molar-refractivity contribution is 0.0974. The molecule has 1 aromatic rings. The first kappa shape index (κ1) is 15.7. The Morgan fingerprint density at radius 3 is 2.53 bits per heavy atom. The lowest BCUT2D eigenvalue weighted by Crippen LogP contribution is -2.10. The smallest absolute Gasteiger partial charge is 0.166 e. The fraction of sp³-hybridized carbons (Fsp3) is 0.588. The lowest BCUT2D eigenvalue weighted by atomic mass is 9.99. The first-order valence-corrected chi connectivity index (χ1v) is 7.23. The van der Waals surface area contributed by atoms with Gasteiger partial charge < -0.3 is 4.74 Å². The van der Waals surface area contributed by atoms with Crippen molar-refractivity contribution in [2.45, 2.75) is 53.9 Å². The molecule has 0 aliphatic carbocycles. The maximum Gasteiger partial charge on any atom is 0.166 e. The van der Waals surface area contributed by atoms with Crippen LogP contribution < -0.4 is 4.74 Å². The second kappa shape index (κ2) is 7.32.